The zero-order chi connectivity index (χ0) is 9.90. The van der Waals surface area contributed by atoms with Crippen LogP contribution in [-0.2, 0) is 0 Å². The van der Waals surface area contributed by atoms with Gasteiger partial charge in [-0.2, -0.15) is 0 Å². The second kappa shape index (κ2) is 4.28. The fraction of sp³-hybridized carbons (Fsp3) is 0.833. The molecule has 13 heavy (non-hydrogen) atoms. The molecule has 0 amide bonds. The van der Waals surface area contributed by atoms with Crippen LogP contribution in [0.25, 0.3) is 0 Å². The number of hydrogen-bond acceptors (Lipinski definition) is 1. The van der Waals surface area contributed by atoms with Gasteiger partial charge in [0.2, 0.25) is 0 Å². The highest BCUT2D eigenvalue weighted by Crippen LogP contribution is 2.49. The zero-order valence-electron chi connectivity index (χ0n) is 9.09. The molecular weight excluding hydrogens is 160 g/mol. The van der Waals surface area contributed by atoms with Gasteiger partial charge in [-0.25, -0.2) is 0 Å². The Morgan fingerprint density at radius 1 is 1.38 bits per heavy atom. The highest BCUT2D eigenvalue weighted by molar-refractivity contribution is 5.01. The molecule has 0 spiro atoms. The van der Waals surface area contributed by atoms with E-state index in [1.165, 1.54) is 19.3 Å². The summed E-state index contributed by atoms with van der Waals surface area (Å²) in [6.07, 6.45) is 8.03. The summed E-state index contributed by atoms with van der Waals surface area (Å²) in [5, 5.41) is 8.73. The minimum atomic E-state index is 0.184. The molecular formula is C12H22O. The molecule has 1 aliphatic carbocycles. The van der Waals surface area contributed by atoms with Crippen LogP contribution >= 0.6 is 0 Å². The minimum absolute atomic E-state index is 0.184. The molecule has 0 radical (unpaired) electrons. The first-order valence-electron chi connectivity index (χ1n) is 5.40. The van der Waals surface area contributed by atoms with Gasteiger partial charge in [0, 0.05) is 0 Å². The summed E-state index contributed by atoms with van der Waals surface area (Å²) in [5.74, 6) is 1.53. The van der Waals surface area contributed by atoms with Gasteiger partial charge in [-0.3, -0.25) is 0 Å². The topological polar surface area (TPSA) is 20.2 Å². The van der Waals surface area contributed by atoms with E-state index in [1.807, 2.05) is 6.08 Å². The summed E-state index contributed by atoms with van der Waals surface area (Å²) in [6, 6.07) is 0. The van der Waals surface area contributed by atoms with E-state index in [9.17, 15) is 0 Å². The molecule has 0 bridgehead atoms. The van der Waals surface area contributed by atoms with Gasteiger partial charge in [-0.1, -0.05) is 39.3 Å². The quantitative estimate of drug-likeness (QED) is 0.665. The Bertz CT molecular complexity index is 182. The number of aliphatic hydroxyl groups is 1. The fourth-order valence-electron chi connectivity index (χ4n) is 2.73. The van der Waals surface area contributed by atoms with E-state index in [-0.39, 0.29) is 6.61 Å². The van der Waals surface area contributed by atoms with Crippen molar-refractivity contribution in [2.75, 3.05) is 6.61 Å². The maximum Gasteiger partial charge on any atom is 0.0612 e. The van der Waals surface area contributed by atoms with E-state index in [2.05, 4.69) is 26.8 Å². The highest BCUT2D eigenvalue weighted by atomic mass is 16.2. The maximum atomic E-state index is 8.73. The lowest BCUT2D eigenvalue weighted by molar-refractivity contribution is 0.210. The number of hydrogen-bond donors (Lipinski definition) is 1. The van der Waals surface area contributed by atoms with Crippen LogP contribution < -0.4 is 0 Å². The van der Waals surface area contributed by atoms with Crippen molar-refractivity contribution in [2.24, 2.45) is 17.3 Å². The average Bonchev–Trinajstić information content (AvgIpc) is 2.37. The number of allylic oxidation sites excluding steroid dienone is 1. The van der Waals surface area contributed by atoms with Crippen LogP contribution in [-0.4, -0.2) is 11.7 Å². The molecule has 1 saturated carbocycles. The van der Waals surface area contributed by atoms with Crippen LogP contribution in [0.5, 0.6) is 0 Å². The first-order valence-corrected chi connectivity index (χ1v) is 5.40. The Hall–Kier alpha value is -0.300. The molecule has 1 rings (SSSR count). The molecule has 76 valence electrons. The lowest BCUT2D eigenvalue weighted by atomic mass is 9.74. The normalized spacial score (nSPS) is 32.9. The van der Waals surface area contributed by atoms with Crippen LogP contribution in [0.15, 0.2) is 12.2 Å². The standard InChI is InChI=1S/C12H22O/c1-4-10-7-8-11(6-5-9-13)12(10,2)3/h5-6,10-11,13H,4,7-9H2,1-3H3. The van der Waals surface area contributed by atoms with E-state index < -0.39 is 0 Å². The Balaban J connectivity index is 2.64. The van der Waals surface area contributed by atoms with Crippen molar-refractivity contribution in [3.8, 4) is 0 Å². The maximum absolute atomic E-state index is 8.73. The van der Waals surface area contributed by atoms with Crippen LogP contribution in [0.2, 0.25) is 0 Å². The van der Waals surface area contributed by atoms with E-state index >= 15 is 0 Å². The van der Waals surface area contributed by atoms with Crippen LogP contribution in [0.1, 0.15) is 40.0 Å². The first kappa shape index (κ1) is 10.8. The van der Waals surface area contributed by atoms with Gasteiger partial charge in [0.05, 0.1) is 6.61 Å². The number of aliphatic hydroxyl groups excluding tert-OH is 1. The Kier molecular flexibility index (Phi) is 3.55. The van der Waals surface area contributed by atoms with Crippen molar-refractivity contribution >= 4 is 0 Å². The second-order valence-electron chi connectivity index (χ2n) is 4.72. The lowest BCUT2D eigenvalue weighted by Gasteiger charge is -2.31. The van der Waals surface area contributed by atoms with Gasteiger partial charge < -0.3 is 5.11 Å². The summed E-state index contributed by atoms with van der Waals surface area (Å²) in [4.78, 5) is 0. The second-order valence-corrected chi connectivity index (χ2v) is 4.72. The third kappa shape index (κ3) is 2.14. The molecule has 1 N–H and O–H groups in total. The predicted octanol–water partition coefficient (Wildman–Crippen LogP) is 3.00. The van der Waals surface area contributed by atoms with Gasteiger partial charge >= 0.3 is 0 Å². The van der Waals surface area contributed by atoms with E-state index in [1.54, 1.807) is 0 Å². The first-order chi connectivity index (χ1) is 6.12. The van der Waals surface area contributed by atoms with Gasteiger partial charge in [0.15, 0.2) is 0 Å². The Morgan fingerprint density at radius 2 is 2.08 bits per heavy atom. The summed E-state index contributed by atoms with van der Waals surface area (Å²) in [5.41, 5.74) is 0.431. The average molecular weight is 182 g/mol. The third-order valence-corrected chi connectivity index (χ3v) is 3.80. The zero-order valence-corrected chi connectivity index (χ0v) is 9.09. The van der Waals surface area contributed by atoms with Crippen molar-refractivity contribution in [1.82, 2.24) is 0 Å². The lowest BCUT2D eigenvalue weighted by Crippen LogP contribution is -2.23. The molecule has 1 heteroatoms. The van der Waals surface area contributed by atoms with Crippen LogP contribution in [0.4, 0.5) is 0 Å². The Labute approximate surface area is 81.9 Å². The van der Waals surface area contributed by atoms with Gasteiger partial charge in [0.1, 0.15) is 0 Å². The fourth-order valence-corrected chi connectivity index (χ4v) is 2.73. The molecule has 0 aromatic heterocycles. The van der Waals surface area contributed by atoms with Crippen LogP contribution in [0.3, 0.4) is 0 Å². The van der Waals surface area contributed by atoms with Gasteiger partial charge in [-0.05, 0) is 30.1 Å². The van der Waals surface area contributed by atoms with Gasteiger partial charge in [0.25, 0.3) is 0 Å². The summed E-state index contributed by atoms with van der Waals surface area (Å²) in [7, 11) is 0. The molecule has 2 unspecified atom stereocenters. The minimum Gasteiger partial charge on any atom is -0.392 e. The number of rotatable bonds is 3. The van der Waals surface area contributed by atoms with E-state index in [0.29, 0.717) is 11.3 Å². The molecule has 2 atom stereocenters. The largest absolute Gasteiger partial charge is 0.392 e. The van der Waals surface area contributed by atoms with Gasteiger partial charge in [-0.15, -0.1) is 0 Å². The SMILES string of the molecule is CCC1CCC(C=CCO)C1(C)C. The monoisotopic (exact) mass is 182 g/mol. The molecule has 0 aliphatic heterocycles. The smallest absolute Gasteiger partial charge is 0.0612 e. The summed E-state index contributed by atoms with van der Waals surface area (Å²) < 4.78 is 0. The molecule has 0 saturated heterocycles. The molecule has 1 nitrogen and oxygen atoms in total. The predicted molar refractivity (Wildman–Crippen MR) is 56.5 cm³/mol. The van der Waals surface area contributed by atoms with Crippen molar-refractivity contribution in [1.29, 1.82) is 0 Å². The summed E-state index contributed by atoms with van der Waals surface area (Å²) >= 11 is 0. The van der Waals surface area contributed by atoms with Crippen molar-refractivity contribution < 1.29 is 5.11 Å². The molecule has 1 fully saturated rings. The highest BCUT2D eigenvalue weighted by Gasteiger charge is 2.40. The summed E-state index contributed by atoms with van der Waals surface area (Å²) in [6.45, 7) is 7.19. The third-order valence-electron chi connectivity index (χ3n) is 3.80. The van der Waals surface area contributed by atoms with Crippen molar-refractivity contribution in [3.05, 3.63) is 12.2 Å². The molecule has 0 aromatic rings. The van der Waals surface area contributed by atoms with Crippen molar-refractivity contribution in [3.63, 3.8) is 0 Å². The Morgan fingerprint density at radius 3 is 2.54 bits per heavy atom. The molecule has 0 aromatic carbocycles. The molecule has 0 heterocycles. The van der Waals surface area contributed by atoms with Crippen LogP contribution in [0, 0.1) is 17.3 Å². The van der Waals surface area contributed by atoms with Crippen molar-refractivity contribution in [2.45, 2.75) is 40.0 Å². The van der Waals surface area contributed by atoms with E-state index in [0.717, 1.165) is 5.92 Å². The van der Waals surface area contributed by atoms with E-state index in [4.69, 9.17) is 5.11 Å². The molecule has 1 aliphatic rings.